The first-order valence-corrected chi connectivity index (χ1v) is 27.1. The van der Waals surface area contributed by atoms with E-state index in [1.54, 1.807) is 0 Å². The lowest BCUT2D eigenvalue weighted by atomic mass is 9.98. The molecule has 1 unspecified atom stereocenters. The van der Waals surface area contributed by atoms with Crippen LogP contribution in [0.4, 0.5) is 0 Å². The molecule has 354 valence electrons. The monoisotopic (exact) mass is 942 g/mol. The van der Waals surface area contributed by atoms with Gasteiger partial charge in [0.25, 0.3) is 0 Å². The van der Waals surface area contributed by atoms with Crippen molar-refractivity contribution in [3.63, 3.8) is 0 Å². The minimum Gasteiger partial charge on any atom is -0.463 e. The summed E-state index contributed by atoms with van der Waals surface area (Å²) in [6.07, 6.45) is 9.43. The standard InChI is InChI=1S/C43H74O14S4/c1-7-58-60-27-23-19-15-11-9-13-17-21-25-38(48)51-29-36(56-39(49)26-22-18-14-10-12-16-20-24-28-61-59-8-2)30-52-43-42(55-35(6)47)41(54-34(5)46)40(53-33(4)45)37(57-43)31-50-32(3)44/h36-37,40-43H,7-31H2,1-6H3/t36?,37-,40-,41+,42-,43-/m1/s1. The third-order valence-electron chi connectivity index (χ3n) is 9.24. The van der Waals surface area contributed by atoms with Crippen LogP contribution in [0.3, 0.4) is 0 Å². The van der Waals surface area contributed by atoms with Crippen LogP contribution in [0.1, 0.15) is 157 Å². The topological polar surface area (TPSA) is 176 Å². The molecule has 0 spiro atoms. The van der Waals surface area contributed by atoms with E-state index >= 15 is 0 Å². The van der Waals surface area contributed by atoms with Crippen LogP contribution in [-0.2, 0) is 66.7 Å². The lowest BCUT2D eigenvalue weighted by molar-refractivity contribution is -0.311. The summed E-state index contributed by atoms with van der Waals surface area (Å²) in [5.41, 5.74) is 0. The van der Waals surface area contributed by atoms with E-state index in [1.807, 2.05) is 43.2 Å². The molecule has 61 heavy (non-hydrogen) atoms. The van der Waals surface area contributed by atoms with Crippen LogP contribution in [0, 0.1) is 0 Å². The normalized spacial score (nSPS) is 19.1. The molecule has 1 saturated heterocycles. The van der Waals surface area contributed by atoms with Gasteiger partial charge in [0.2, 0.25) is 0 Å². The quantitative estimate of drug-likeness (QED) is 0.0249. The van der Waals surface area contributed by atoms with Crippen molar-refractivity contribution >= 4 is 79.0 Å². The van der Waals surface area contributed by atoms with Gasteiger partial charge in [0.1, 0.15) is 19.3 Å². The number of hydrogen-bond donors (Lipinski definition) is 0. The molecular weight excluding hydrogens is 869 g/mol. The molecule has 0 saturated carbocycles. The van der Waals surface area contributed by atoms with Crippen LogP contribution in [0.5, 0.6) is 0 Å². The highest BCUT2D eigenvalue weighted by Gasteiger charge is 2.53. The molecule has 0 N–H and O–H groups in total. The highest BCUT2D eigenvalue weighted by Crippen LogP contribution is 2.30. The molecule has 1 aliphatic rings. The fraction of sp³-hybridized carbons (Fsp3) is 0.860. The average Bonchev–Trinajstić information content (AvgIpc) is 3.20. The van der Waals surface area contributed by atoms with Gasteiger partial charge in [-0.1, -0.05) is 134 Å². The van der Waals surface area contributed by atoms with Crippen molar-refractivity contribution in [2.24, 2.45) is 0 Å². The fourth-order valence-electron chi connectivity index (χ4n) is 6.41. The summed E-state index contributed by atoms with van der Waals surface area (Å²) in [5.74, 6) is 0.737. The molecule has 6 atom stereocenters. The lowest BCUT2D eigenvalue weighted by Crippen LogP contribution is -2.63. The summed E-state index contributed by atoms with van der Waals surface area (Å²) in [5, 5.41) is 0. The second-order valence-corrected chi connectivity index (χ2v) is 20.6. The first kappa shape index (κ1) is 57.2. The Labute approximate surface area is 380 Å². The molecule has 14 nitrogen and oxygen atoms in total. The highest BCUT2D eigenvalue weighted by molar-refractivity contribution is 8.77. The predicted octanol–water partition coefficient (Wildman–Crippen LogP) is 9.37. The van der Waals surface area contributed by atoms with Gasteiger partial charge in [0, 0.05) is 63.5 Å². The summed E-state index contributed by atoms with van der Waals surface area (Å²) in [6, 6.07) is 0. The van der Waals surface area contributed by atoms with Crippen molar-refractivity contribution in [2.75, 3.05) is 42.8 Å². The van der Waals surface area contributed by atoms with Gasteiger partial charge in [0.15, 0.2) is 30.7 Å². The van der Waals surface area contributed by atoms with Crippen LogP contribution >= 0.6 is 43.2 Å². The Kier molecular flexibility index (Phi) is 35.1. The Bertz CT molecular complexity index is 1230. The zero-order valence-corrected chi connectivity index (χ0v) is 40.8. The highest BCUT2D eigenvalue weighted by atomic mass is 33.1. The van der Waals surface area contributed by atoms with Crippen molar-refractivity contribution in [3.05, 3.63) is 0 Å². The number of esters is 6. The number of carbonyl (C=O) groups excluding carboxylic acids is 6. The van der Waals surface area contributed by atoms with Crippen molar-refractivity contribution < 1.29 is 66.7 Å². The van der Waals surface area contributed by atoms with Gasteiger partial charge in [-0.15, -0.1) is 0 Å². The summed E-state index contributed by atoms with van der Waals surface area (Å²) < 4.78 is 44.9. The van der Waals surface area contributed by atoms with Gasteiger partial charge in [-0.3, -0.25) is 28.8 Å². The largest absolute Gasteiger partial charge is 0.463 e. The average molecular weight is 943 g/mol. The molecular formula is C43H74O14S4. The maximum atomic E-state index is 13.1. The van der Waals surface area contributed by atoms with E-state index < -0.39 is 79.2 Å². The van der Waals surface area contributed by atoms with Gasteiger partial charge in [-0.05, 0) is 25.7 Å². The van der Waals surface area contributed by atoms with Gasteiger partial charge in [-0.2, -0.15) is 0 Å². The SMILES string of the molecule is CCSSCCCCCCCCCCC(=O)OCC(CO[C@@H]1O[C@H](COC(C)=O)[C@@H](OC(C)=O)[C@H](OC(C)=O)[C@H]1OC(C)=O)OC(=O)CCCCCCCCCCSSCC. The van der Waals surface area contributed by atoms with E-state index in [0.717, 1.165) is 77.2 Å². The molecule has 1 rings (SSSR count). The third kappa shape index (κ3) is 30.8. The van der Waals surface area contributed by atoms with Crippen LogP contribution < -0.4 is 0 Å². The van der Waals surface area contributed by atoms with E-state index in [0.29, 0.717) is 12.8 Å². The smallest absolute Gasteiger partial charge is 0.306 e. The molecule has 1 heterocycles. The second kappa shape index (κ2) is 37.5. The molecule has 0 radical (unpaired) electrons. The van der Waals surface area contributed by atoms with Gasteiger partial charge in [-0.25, -0.2) is 0 Å². The van der Waals surface area contributed by atoms with Crippen LogP contribution in [-0.4, -0.2) is 115 Å². The summed E-state index contributed by atoms with van der Waals surface area (Å²) in [7, 11) is 7.69. The number of carbonyl (C=O) groups is 6. The predicted molar refractivity (Wildman–Crippen MR) is 243 cm³/mol. The van der Waals surface area contributed by atoms with E-state index in [-0.39, 0.29) is 26.1 Å². The molecule has 1 aliphatic heterocycles. The van der Waals surface area contributed by atoms with E-state index in [2.05, 4.69) is 13.8 Å². The van der Waals surface area contributed by atoms with E-state index in [1.165, 1.54) is 63.4 Å². The second-order valence-electron chi connectivity index (χ2n) is 14.8. The molecule has 0 aromatic carbocycles. The summed E-state index contributed by atoms with van der Waals surface area (Å²) in [6.45, 7) is 7.78. The lowest BCUT2D eigenvalue weighted by Gasteiger charge is -2.44. The zero-order valence-electron chi connectivity index (χ0n) is 37.5. The zero-order chi connectivity index (χ0) is 45.1. The minimum atomic E-state index is -1.48. The first-order valence-electron chi connectivity index (χ1n) is 22.1. The Balaban J connectivity index is 2.89. The maximum Gasteiger partial charge on any atom is 0.306 e. The van der Waals surface area contributed by atoms with Crippen molar-refractivity contribution in [2.45, 2.75) is 194 Å². The summed E-state index contributed by atoms with van der Waals surface area (Å²) >= 11 is 0. The van der Waals surface area contributed by atoms with Gasteiger partial charge < -0.3 is 37.9 Å². The van der Waals surface area contributed by atoms with E-state index in [9.17, 15) is 28.8 Å². The number of ether oxygens (including phenoxy) is 8. The molecule has 0 aromatic rings. The molecule has 1 fully saturated rings. The molecule has 18 heteroatoms. The third-order valence-corrected chi connectivity index (χ3v) is 14.4. The number of rotatable bonds is 37. The molecule has 0 aliphatic carbocycles. The van der Waals surface area contributed by atoms with Crippen LogP contribution in [0.25, 0.3) is 0 Å². The van der Waals surface area contributed by atoms with Crippen LogP contribution in [0.15, 0.2) is 0 Å². The maximum absolute atomic E-state index is 13.1. The fourth-order valence-corrected chi connectivity index (χ4v) is 10.0. The van der Waals surface area contributed by atoms with Crippen molar-refractivity contribution in [3.8, 4) is 0 Å². The molecule has 0 bridgehead atoms. The number of unbranched alkanes of at least 4 members (excludes halogenated alkanes) is 14. The van der Waals surface area contributed by atoms with E-state index in [4.69, 9.17) is 37.9 Å². The Morgan fingerprint density at radius 2 is 0.934 bits per heavy atom. The Morgan fingerprint density at radius 3 is 1.41 bits per heavy atom. The molecule has 0 aromatic heterocycles. The molecule has 0 amide bonds. The summed E-state index contributed by atoms with van der Waals surface area (Å²) in [4.78, 5) is 74.2. The Morgan fingerprint density at radius 1 is 0.492 bits per heavy atom. The Hall–Kier alpha value is -1.86. The minimum absolute atomic E-state index is 0.159. The van der Waals surface area contributed by atoms with Crippen molar-refractivity contribution in [1.29, 1.82) is 0 Å². The van der Waals surface area contributed by atoms with Gasteiger partial charge in [0.05, 0.1) is 6.61 Å². The number of hydrogen-bond acceptors (Lipinski definition) is 18. The van der Waals surface area contributed by atoms with Gasteiger partial charge >= 0.3 is 35.8 Å². The van der Waals surface area contributed by atoms with Crippen LogP contribution in [0.2, 0.25) is 0 Å². The van der Waals surface area contributed by atoms with Crippen molar-refractivity contribution in [1.82, 2.24) is 0 Å². The first-order chi connectivity index (χ1) is 29.4.